The number of amides is 1. The first-order valence-electron chi connectivity index (χ1n) is 7.48. The Bertz CT molecular complexity index is 602. The van der Waals surface area contributed by atoms with Crippen LogP contribution in [0.25, 0.3) is 0 Å². The molecule has 0 spiro atoms. The summed E-state index contributed by atoms with van der Waals surface area (Å²) in [6.07, 6.45) is 4.29. The smallest absolute Gasteiger partial charge is 0.268 e. The summed E-state index contributed by atoms with van der Waals surface area (Å²) in [4.78, 5) is 12.4. The maximum Gasteiger partial charge on any atom is 0.268 e. The fourth-order valence-corrected chi connectivity index (χ4v) is 2.65. The van der Waals surface area contributed by atoms with Crippen LogP contribution in [0.5, 0.6) is 0 Å². The minimum absolute atomic E-state index is 0.0294. The zero-order chi connectivity index (χ0) is 14.7. The van der Waals surface area contributed by atoms with E-state index in [0.717, 1.165) is 0 Å². The number of benzene rings is 1. The van der Waals surface area contributed by atoms with Gasteiger partial charge in [0.05, 0.1) is 0 Å². The maximum absolute atomic E-state index is 12.4. The van der Waals surface area contributed by atoms with E-state index in [1.807, 2.05) is 41.1 Å². The number of carbonyl (C=O) groups is 1. The van der Waals surface area contributed by atoms with Crippen molar-refractivity contribution >= 4 is 5.91 Å². The number of nitrogens with zero attached hydrogens (tertiary/aromatic N) is 1. The second kappa shape index (κ2) is 6.14. The number of carbonyl (C=O) groups excluding carboxylic acids is 1. The molecule has 3 N–H and O–H groups in total. The fraction of sp³-hybridized carbons (Fsp3) is 0.353. The summed E-state index contributed by atoms with van der Waals surface area (Å²) in [5.74, 6) is 0.537. The van der Waals surface area contributed by atoms with Gasteiger partial charge in [-0.3, -0.25) is 4.79 Å². The Balaban J connectivity index is 1.70. The molecule has 1 saturated carbocycles. The minimum atomic E-state index is -0.0294. The van der Waals surface area contributed by atoms with E-state index >= 15 is 0 Å². The van der Waals surface area contributed by atoms with Crippen molar-refractivity contribution in [3.8, 4) is 0 Å². The lowest BCUT2D eigenvalue weighted by Crippen LogP contribution is -2.42. The molecule has 0 aliphatic heterocycles. The van der Waals surface area contributed by atoms with E-state index in [1.165, 1.54) is 18.4 Å². The molecule has 0 bridgehead atoms. The number of rotatable bonds is 6. The predicted molar refractivity (Wildman–Crippen MR) is 83.0 cm³/mol. The third kappa shape index (κ3) is 3.34. The molecule has 1 amide bonds. The molecule has 4 heteroatoms. The summed E-state index contributed by atoms with van der Waals surface area (Å²) in [5, 5.41) is 3.07. The van der Waals surface area contributed by atoms with Crippen LogP contribution in [0.15, 0.2) is 48.7 Å². The molecular weight excluding hydrogens is 262 g/mol. The van der Waals surface area contributed by atoms with E-state index in [2.05, 4.69) is 17.4 Å². The molecule has 2 aromatic rings. The van der Waals surface area contributed by atoms with Crippen LogP contribution in [-0.4, -0.2) is 23.1 Å². The number of hydrogen-bond donors (Lipinski definition) is 2. The van der Waals surface area contributed by atoms with Gasteiger partial charge in [-0.05, 0) is 36.5 Å². The number of aromatic nitrogens is 1. The monoisotopic (exact) mass is 283 g/mol. The average molecular weight is 283 g/mol. The van der Waals surface area contributed by atoms with Crippen LogP contribution in [0.1, 0.15) is 28.9 Å². The SMILES string of the molecule is NCC(NC(=O)c1cccn1Cc1ccccc1)C1CC1. The van der Waals surface area contributed by atoms with Crippen LogP contribution in [0.3, 0.4) is 0 Å². The summed E-state index contributed by atoms with van der Waals surface area (Å²) in [7, 11) is 0. The van der Waals surface area contributed by atoms with Crippen molar-refractivity contribution in [1.82, 2.24) is 9.88 Å². The lowest BCUT2D eigenvalue weighted by atomic mass is 10.2. The van der Waals surface area contributed by atoms with Gasteiger partial charge in [0.25, 0.3) is 5.91 Å². The van der Waals surface area contributed by atoms with Crippen LogP contribution < -0.4 is 11.1 Å². The van der Waals surface area contributed by atoms with Crippen molar-refractivity contribution in [3.63, 3.8) is 0 Å². The van der Waals surface area contributed by atoms with Crippen LogP contribution >= 0.6 is 0 Å². The van der Waals surface area contributed by atoms with Crippen molar-refractivity contribution in [3.05, 3.63) is 59.9 Å². The molecule has 0 saturated heterocycles. The number of nitrogens with one attached hydrogen (secondary N) is 1. The van der Waals surface area contributed by atoms with Crippen LogP contribution in [0, 0.1) is 5.92 Å². The molecule has 1 heterocycles. The Morgan fingerprint density at radius 2 is 2.00 bits per heavy atom. The van der Waals surface area contributed by atoms with E-state index in [1.54, 1.807) is 0 Å². The van der Waals surface area contributed by atoms with Gasteiger partial charge in [-0.2, -0.15) is 0 Å². The molecule has 1 aliphatic carbocycles. The van der Waals surface area contributed by atoms with Gasteiger partial charge in [0.15, 0.2) is 0 Å². The molecule has 1 aromatic heterocycles. The summed E-state index contributed by atoms with van der Waals surface area (Å²) in [6.45, 7) is 1.21. The van der Waals surface area contributed by atoms with Gasteiger partial charge in [-0.15, -0.1) is 0 Å². The van der Waals surface area contributed by atoms with Crippen molar-refractivity contribution in [2.75, 3.05) is 6.54 Å². The first kappa shape index (κ1) is 13.9. The Morgan fingerprint density at radius 3 is 2.67 bits per heavy atom. The lowest BCUT2D eigenvalue weighted by Gasteiger charge is -2.17. The highest BCUT2D eigenvalue weighted by Gasteiger charge is 2.31. The standard InChI is InChI=1S/C17H21N3O/c18-11-15(14-8-9-14)19-17(21)16-7-4-10-20(16)12-13-5-2-1-3-6-13/h1-7,10,14-15H,8-9,11-12,18H2,(H,19,21). The molecule has 1 unspecified atom stereocenters. The summed E-state index contributed by atoms with van der Waals surface area (Å²) < 4.78 is 1.98. The van der Waals surface area contributed by atoms with Crippen LogP contribution in [0.4, 0.5) is 0 Å². The minimum Gasteiger partial charge on any atom is -0.346 e. The first-order valence-corrected chi connectivity index (χ1v) is 7.48. The van der Waals surface area contributed by atoms with Gasteiger partial charge in [0.2, 0.25) is 0 Å². The summed E-state index contributed by atoms with van der Waals surface area (Å²) in [5.41, 5.74) is 7.63. The molecule has 1 fully saturated rings. The van der Waals surface area contributed by atoms with E-state index in [0.29, 0.717) is 24.7 Å². The number of hydrogen-bond acceptors (Lipinski definition) is 2. The highest BCUT2D eigenvalue weighted by molar-refractivity contribution is 5.93. The van der Waals surface area contributed by atoms with Gasteiger partial charge < -0.3 is 15.6 Å². The average Bonchev–Trinajstić information content (AvgIpc) is 3.25. The highest BCUT2D eigenvalue weighted by Crippen LogP contribution is 2.32. The fourth-order valence-electron chi connectivity index (χ4n) is 2.65. The Kier molecular flexibility index (Phi) is 4.06. The zero-order valence-electron chi connectivity index (χ0n) is 12.0. The topological polar surface area (TPSA) is 60.0 Å². The molecule has 1 aliphatic rings. The molecule has 0 radical (unpaired) electrons. The van der Waals surface area contributed by atoms with Gasteiger partial charge in [-0.1, -0.05) is 30.3 Å². The van der Waals surface area contributed by atoms with E-state index in [-0.39, 0.29) is 11.9 Å². The van der Waals surface area contributed by atoms with E-state index < -0.39 is 0 Å². The molecule has 21 heavy (non-hydrogen) atoms. The van der Waals surface area contributed by atoms with Crippen molar-refractivity contribution in [2.45, 2.75) is 25.4 Å². The quantitative estimate of drug-likeness (QED) is 0.852. The molecule has 3 rings (SSSR count). The largest absolute Gasteiger partial charge is 0.346 e. The van der Waals surface area contributed by atoms with Crippen molar-refractivity contribution < 1.29 is 4.79 Å². The summed E-state index contributed by atoms with van der Waals surface area (Å²) >= 11 is 0. The lowest BCUT2D eigenvalue weighted by molar-refractivity contribution is 0.0924. The van der Waals surface area contributed by atoms with Gasteiger partial charge in [0, 0.05) is 25.3 Å². The first-order chi connectivity index (χ1) is 10.3. The highest BCUT2D eigenvalue weighted by atomic mass is 16.2. The third-order valence-corrected chi connectivity index (χ3v) is 4.02. The van der Waals surface area contributed by atoms with Crippen LogP contribution in [-0.2, 0) is 6.54 Å². The molecule has 110 valence electrons. The van der Waals surface area contributed by atoms with Crippen molar-refractivity contribution in [2.24, 2.45) is 11.7 Å². The van der Waals surface area contributed by atoms with Gasteiger partial charge in [-0.25, -0.2) is 0 Å². The Morgan fingerprint density at radius 1 is 1.24 bits per heavy atom. The van der Waals surface area contributed by atoms with Crippen molar-refractivity contribution in [1.29, 1.82) is 0 Å². The van der Waals surface area contributed by atoms with Gasteiger partial charge in [0.1, 0.15) is 5.69 Å². The molecule has 1 aromatic carbocycles. The predicted octanol–water partition coefficient (Wildman–Crippen LogP) is 2.00. The second-order valence-electron chi connectivity index (χ2n) is 5.66. The van der Waals surface area contributed by atoms with Gasteiger partial charge >= 0.3 is 0 Å². The molecular formula is C17H21N3O. The third-order valence-electron chi connectivity index (χ3n) is 4.02. The number of nitrogens with two attached hydrogens (primary N) is 1. The zero-order valence-corrected chi connectivity index (χ0v) is 12.0. The Labute approximate surface area is 125 Å². The normalized spacial score (nSPS) is 15.7. The van der Waals surface area contributed by atoms with Crippen LogP contribution in [0.2, 0.25) is 0 Å². The Hall–Kier alpha value is -2.07. The summed E-state index contributed by atoms with van der Waals surface area (Å²) in [6, 6.07) is 14.0. The molecule has 1 atom stereocenters. The van der Waals surface area contributed by atoms with E-state index in [4.69, 9.17) is 5.73 Å². The maximum atomic E-state index is 12.4. The molecule has 4 nitrogen and oxygen atoms in total. The second-order valence-corrected chi connectivity index (χ2v) is 5.66. The van der Waals surface area contributed by atoms with E-state index in [9.17, 15) is 4.79 Å².